The van der Waals surface area contributed by atoms with Crippen LogP contribution in [-0.2, 0) is 9.59 Å². The highest BCUT2D eigenvalue weighted by atomic mass is 16.4. The van der Waals surface area contributed by atoms with Crippen LogP contribution < -0.4 is 0 Å². The number of unbranched alkanes of at least 4 members (excludes halogenated alkanes) is 12. The van der Waals surface area contributed by atoms with Crippen molar-refractivity contribution in [2.75, 3.05) is 13.1 Å². The van der Waals surface area contributed by atoms with E-state index in [1.54, 1.807) is 4.90 Å². The summed E-state index contributed by atoms with van der Waals surface area (Å²) in [5.74, 6) is -0.737. The van der Waals surface area contributed by atoms with Gasteiger partial charge in [-0.25, -0.2) is 0 Å². The number of rotatable bonds is 18. The van der Waals surface area contributed by atoms with E-state index in [1.807, 2.05) is 6.92 Å². The van der Waals surface area contributed by atoms with E-state index in [0.717, 1.165) is 12.8 Å². The molecule has 0 saturated heterocycles. The monoisotopic (exact) mass is 355 g/mol. The Balaban J connectivity index is 3.39. The Morgan fingerprint density at radius 1 is 0.680 bits per heavy atom. The first-order chi connectivity index (χ1) is 12.1. The van der Waals surface area contributed by atoms with Crippen LogP contribution in [-0.4, -0.2) is 35.0 Å². The van der Waals surface area contributed by atoms with Crippen molar-refractivity contribution in [3.63, 3.8) is 0 Å². The van der Waals surface area contributed by atoms with Gasteiger partial charge in [0.25, 0.3) is 0 Å². The maximum Gasteiger partial charge on any atom is 0.305 e. The van der Waals surface area contributed by atoms with Crippen LogP contribution in [0.25, 0.3) is 0 Å². The molecule has 0 unspecified atom stereocenters. The molecule has 0 aromatic carbocycles. The zero-order valence-corrected chi connectivity index (χ0v) is 16.7. The lowest BCUT2D eigenvalue weighted by Crippen LogP contribution is -2.32. The Kier molecular flexibility index (Phi) is 17.0. The van der Waals surface area contributed by atoms with E-state index in [1.165, 1.54) is 70.6 Å². The second kappa shape index (κ2) is 17.8. The fourth-order valence-corrected chi connectivity index (χ4v) is 3.14. The summed E-state index contributed by atoms with van der Waals surface area (Å²) in [6, 6.07) is 0. The van der Waals surface area contributed by atoms with Gasteiger partial charge in [-0.15, -0.1) is 0 Å². The first-order valence-electron chi connectivity index (χ1n) is 10.6. The fourth-order valence-electron chi connectivity index (χ4n) is 3.14. The molecule has 1 amide bonds. The summed E-state index contributed by atoms with van der Waals surface area (Å²) in [7, 11) is 0. The highest BCUT2D eigenvalue weighted by molar-refractivity contribution is 5.76. The summed E-state index contributed by atoms with van der Waals surface area (Å²) in [4.78, 5) is 24.3. The third-order valence-corrected chi connectivity index (χ3v) is 4.82. The lowest BCUT2D eigenvalue weighted by Gasteiger charge is -2.19. The van der Waals surface area contributed by atoms with E-state index >= 15 is 0 Å². The van der Waals surface area contributed by atoms with Gasteiger partial charge in [0.05, 0.1) is 6.42 Å². The Labute approximate surface area is 155 Å². The summed E-state index contributed by atoms with van der Waals surface area (Å²) in [5, 5.41) is 8.70. The van der Waals surface area contributed by atoms with Crippen molar-refractivity contribution in [2.45, 2.75) is 110 Å². The topological polar surface area (TPSA) is 57.6 Å². The largest absolute Gasteiger partial charge is 0.481 e. The maximum atomic E-state index is 12.0. The van der Waals surface area contributed by atoms with Crippen LogP contribution in [0.2, 0.25) is 0 Å². The predicted octanol–water partition coefficient (Wildman–Crippen LogP) is 5.79. The average molecular weight is 356 g/mol. The fraction of sp³-hybridized carbons (Fsp3) is 0.905. The zero-order valence-electron chi connectivity index (χ0n) is 16.7. The standard InChI is InChI=1S/C21H41NO3/c1-3-5-6-7-8-9-10-11-12-13-14-15-16-17-20(23)22(4-2)19-18-21(24)25/h3-19H2,1-2H3,(H,24,25). The quantitative estimate of drug-likeness (QED) is 0.317. The second-order valence-corrected chi connectivity index (χ2v) is 7.11. The maximum absolute atomic E-state index is 12.0. The van der Waals surface area contributed by atoms with Gasteiger partial charge in [-0.05, 0) is 13.3 Å². The molecular weight excluding hydrogens is 314 g/mol. The number of carboxylic acid groups (broad SMARTS) is 1. The SMILES string of the molecule is CCCCCCCCCCCCCCCC(=O)N(CC)CCC(=O)O. The molecule has 0 aliphatic rings. The highest BCUT2D eigenvalue weighted by Crippen LogP contribution is 2.13. The molecule has 148 valence electrons. The average Bonchev–Trinajstić information content (AvgIpc) is 2.59. The summed E-state index contributed by atoms with van der Waals surface area (Å²) in [5.41, 5.74) is 0. The van der Waals surface area contributed by atoms with E-state index in [-0.39, 0.29) is 12.3 Å². The van der Waals surface area contributed by atoms with Gasteiger partial charge < -0.3 is 10.0 Å². The molecule has 0 aromatic heterocycles. The number of hydrogen-bond acceptors (Lipinski definition) is 2. The van der Waals surface area contributed by atoms with Crippen LogP contribution in [0.1, 0.15) is 110 Å². The Bertz CT molecular complexity index is 331. The molecular formula is C21H41NO3. The minimum absolute atomic E-state index is 0.0399. The first-order valence-corrected chi connectivity index (χ1v) is 10.6. The van der Waals surface area contributed by atoms with Crippen LogP contribution in [0.5, 0.6) is 0 Å². The molecule has 0 spiro atoms. The predicted molar refractivity (Wildman–Crippen MR) is 105 cm³/mol. The van der Waals surface area contributed by atoms with Gasteiger partial charge in [0.15, 0.2) is 0 Å². The molecule has 0 bridgehead atoms. The molecule has 0 radical (unpaired) electrons. The minimum Gasteiger partial charge on any atom is -0.481 e. The molecule has 0 rings (SSSR count). The summed E-state index contributed by atoms with van der Waals surface area (Å²) < 4.78 is 0. The van der Waals surface area contributed by atoms with Crippen LogP contribution in [0, 0.1) is 0 Å². The van der Waals surface area contributed by atoms with Gasteiger partial charge in [0.1, 0.15) is 0 Å². The lowest BCUT2D eigenvalue weighted by atomic mass is 10.0. The number of aliphatic carboxylic acids is 1. The van der Waals surface area contributed by atoms with Crippen molar-refractivity contribution in [1.82, 2.24) is 4.90 Å². The Morgan fingerprint density at radius 2 is 1.12 bits per heavy atom. The Morgan fingerprint density at radius 3 is 1.52 bits per heavy atom. The van der Waals surface area contributed by atoms with Crippen molar-refractivity contribution in [1.29, 1.82) is 0 Å². The molecule has 0 fully saturated rings. The number of nitrogens with zero attached hydrogens (tertiary/aromatic N) is 1. The van der Waals surface area contributed by atoms with Crippen molar-refractivity contribution in [3.05, 3.63) is 0 Å². The zero-order chi connectivity index (χ0) is 18.8. The molecule has 0 saturated carbocycles. The summed E-state index contributed by atoms with van der Waals surface area (Å²) in [6.45, 7) is 5.10. The van der Waals surface area contributed by atoms with E-state index in [0.29, 0.717) is 19.5 Å². The smallest absolute Gasteiger partial charge is 0.305 e. The number of carbonyl (C=O) groups is 2. The number of amides is 1. The molecule has 4 heteroatoms. The molecule has 25 heavy (non-hydrogen) atoms. The van der Waals surface area contributed by atoms with Crippen molar-refractivity contribution < 1.29 is 14.7 Å². The van der Waals surface area contributed by atoms with E-state index < -0.39 is 5.97 Å². The van der Waals surface area contributed by atoms with Gasteiger partial charge >= 0.3 is 5.97 Å². The van der Waals surface area contributed by atoms with E-state index in [2.05, 4.69) is 6.92 Å². The van der Waals surface area contributed by atoms with E-state index in [4.69, 9.17) is 5.11 Å². The van der Waals surface area contributed by atoms with Crippen LogP contribution in [0.15, 0.2) is 0 Å². The van der Waals surface area contributed by atoms with Gasteiger partial charge in [0.2, 0.25) is 5.91 Å². The molecule has 1 N–H and O–H groups in total. The highest BCUT2D eigenvalue weighted by Gasteiger charge is 2.12. The number of carbonyl (C=O) groups excluding carboxylic acids is 1. The molecule has 4 nitrogen and oxygen atoms in total. The first kappa shape index (κ1) is 23.9. The summed E-state index contributed by atoms with van der Waals surface area (Å²) >= 11 is 0. The van der Waals surface area contributed by atoms with Crippen molar-refractivity contribution in [2.24, 2.45) is 0 Å². The van der Waals surface area contributed by atoms with Gasteiger partial charge in [0, 0.05) is 19.5 Å². The van der Waals surface area contributed by atoms with Gasteiger partial charge in [-0.1, -0.05) is 84.0 Å². The number of carboxylic acids is 1. The van der Waals surface area contributed by atoms with Gasteiger partial charge in [-0.2, -0.15) is 0 Å². The Hall–Kier alpha value is -1.06. The second-order valence-electron chi connectivity index (χ2n) is 7.11. The van der Waals surface area contributed by atoms with Gasteiger partial charge in [-0.3, -0.25) is 9.59 Å². The minimum atomic E-state index is -0.841. The van der Waals surface area contributed by atoms with Crippen molar-refractivity contribution >= 4 is 11.9 Å². The third-order valence-electron chi connectivity index (χ3n) is 4.82. The van der Waals surface area contributed by atoms with Crippen LogP contribution in [0.4, 0.5) is 0 Å². The van der Waals surface area contributed by atoms with Crippen LogP contribution in [0.3, 0.4) is 0 Å². The van der Waals surface area contributed by atoms with E-state index in [9.17, 15) is 9.59 Å². The number of hydrogen-bond donors (Lipinski definition) is 1. The molecule has 0 aliphatic heterocycles. The third kappa shape index (κ3) is 16.2. The molecule has 0 heterocycles. The summed E-state index contributed by atoms with van der Waals surface area (Å²) in [6.07, 6.45) is 17.5. The molecule has 0 aromatic rings. The molecule has 0 atom stereocenters. The normalized spacial score (nSPS) is 10.8. The molecule has 0 aliphatic carbocycles. The lowest BCUT2D eigenvalue weighted by molar-refractivity contribution is -0.138. The van der Waals surface area contributed by atoms with Crippen LogP contribution >= 0.6 is 0 Å². The van der Waals surface area contributed by atoms with Crippen molar-refractivity contribution in [3.8, 4) is 0 Å².